The summed E-state index contributed by atoms with van der Waals surface area (Å²) in [7, 11) is 3.15. The van der Waals surface area contributed by atoms with E-state index in [2.05, 4.69) is 5.10 Å². The van der Waals surface area contributed by atoms with Gasteiger partial charge in [0.15, 0.2) is 0 Å². The molecule has 0 aliphatic rings. The molecule has 0 N–H and O–H groups in total. The summed E-state index contributed by atoms with van der Waals surface area (Å²) >= 11 is 0. The summed E-state index contributed by atoms with van der Waals surface area (Å²) < 4.78 is 40.5. The lowest BCUT2D eigenvalue weighted by molar-refractivity contribution is 0.607. The van der Waals surface area contributed by atoms with Gasteiger partial charge in [0.25, 0.3) is 9.05 Å². The molecule has 110 valence electrons. The molecule has 8 heteroatoms. The molecule has 3 rings (SSSR count). The highest BCUT2D eigenvalue weighted by Crippen LogP contribution is 2.30. The molecule has 0 spiro atoms. The Kier molecular flexibility index (Phi) is 3.26. The second kappa shape index (κ2) is 4.85. The van der Waals surface area contributed by atoms with Crippen molar-refractivity contribution in [3.05, 3.63) is 48.2 Å². The van der Waals surface area contributed by atoms with Crippen LogP contribution in [0.2, 0.25) is 0 Å². The van der Waals surface area contributed by atoms with Gasteiger partial charge in [-0.2, -0.15) is 5.10 Å². The molecule has 0 saturated carbocycles. The molecule has 0 bridgehead atoms. The molecule has 0 unspecified atom stereocenters. The van der Waals surface area contributed by atoms with Crippen molar-refractivity contribution in [2.45, 2.75) is 11.4 Å². The summed E-state index contributed by atoms with van der Waals surface area (Å²) in [5.74, 6) is -0.619. The zero-order chi connectivity index (χ0) is 15.2. The van der Waals surface area contributed by atoms with Crippen LogP contribution in [-0.4, -0.2) is 22.8 Å². The topological polar surface area (TPSA) is 56.9 Å². The second-order valence-corrected chi connectivity index (χ2v) is 7.21. The Morgan fingerprint density at radius 2 is 2.10 bits per heavy atom. The Hall–Kier alpha value is -1.86. The maximum atomic E-state index is 14.0. The van der Waals surface area contributed by atoms with E-state index in [-0.39, 0.29) is 10.3 Å². The molecule has 3 aromatic rings. The van der Waals surface area contributed by atoms with Crippen molar-refractivity contribution in [3.8, 4) is 0 Å². The molecular formula is C13H11ClFN3O2S. The van der Waals surface area contributed by atoms with Gasteiger partial charge in [-0.25, -0.2) is 12.8 Å². The van der Waals surface area contributed by atoms with Gasteiger partial charge in [0, 0.05) is 30.1 Å². The molecule has 0 saturated heterocycles. The third kappa shape index (κ3) is 2.54. The molecular weight excluding hydrogens is 317 g/mol. The zero-order valence-corrected chi connectivity index (χ0v) is 12.6. The van der Waals surface area contributed by atoms with E-state index in [0.29, 0.717) is 12.1 Å². The van der Waals surface area contributed by atoms with Gasteiger partial charge in [-0.3, -0.25) is 4.68 Å². The van der Waals surface area contributed by atoms with E-state index in [4.69, 9.17) is 10.7 Å². The van der Waals surface area contributed by atoms with E-state index in [1.807, 2.05) is 0 Å². The summed E-state index contributed by atoms with van der Waals surface area (Å²) in [4.78, 5) is -0.229. The van der Waals surface area contributed by atoms with Crippen LogP contribution in [0, 0.1) is 5.82 Å². The largest absolute Gasteiger partial charge is 0.340 e. The molecule has 0 fully saturated rings. The van der Waals surface area contributed by atoms with Crippen LogP contribution >= 0.6 is 10.7 Å². The summed E-state index contributed by atoms with van der Waals surface area (Å²) in [6, 6.07) is 6.18. The molecule has 0 radical (unpaired) electrons. The van der Waals surface area contributed by atoms with Crippen LogP contribution in [0.3, 0.4) is 0 Å². The normalized spacial score (nSPS) is 12.1. The van der Waals surface area contributed by atoms with Crippen molar-refractivity contribution < 1.29 is 12.8 Å². The predicted molar refractivity (Wildman–Crippen MR) is 77.2 cm³/mol. The highest BCUT2D eigenvalue weighted by atomic mass is 35.7. The molecule has 21 heavy (non-hydrogen) atoms. The third-order valence-electron chi connectivity index (χ3n) is 3.18. The van der Waals surface area contributed by atoms with E-state index in [1.54, 1.807) is 34.6 Å². The van der Waals surface area contributed by atoms with Crippen molar-refractivity contribution in [3.63, 3.8) is 0 Å². The number of hydrogen-bond donors (Lipinski definition) is 0. The molecule has 1 aromatic carbocycles. The Balaban J connectivity index is 2.22. The molecule has 0 aliphatic carbocycles. The Morgan fingerprint density at radius 1 is 1.33 bits per heavy atom. The number of halogens is 2. The van der Waals surface area contributed by atoms with Crippen LogP contribution in [0.15, 0.2) is 41.6 Å². The average Bonchev–Trinajstić information content (AvgIpc) is 2.95. The maximum Gasteiger partial charge on any atom is 0.263 e. The first-order chi connectivity index (χ1) is 9.86. The molecule has 5 nitrogen and oxygen atoms in total. The molecule has 0 aliphatic heterocycles. The van der Waals surface area contributed by atoms with Crippen molar-refractivity contribution >= 4 is 30.6 Å². The van der Waals surface area contributed by atoms with Gasteiger partial charge in [-0.05, 0) is 18.2 Å². The lowest BCUT2D eigenvalue weighted by atomic mass is 10.2. The van der Waals surface area contributed by atoms with Gasteiger partial charge in [0.1, 0.15) is 10.7 Å². The highest BCUT2D eigenvalue weighted by molar-refractivity contribution is 8.14. The number of aryl methyl sites for hydroxylation is 1. The average molecular weight is 328 g/mol. The Morgan fingerprint density at radius 3 is 2.71 bits per heavy atom. The van der Waals surface area contributed by atoms with E-state index >= 15 is 0 Å². The van der Waals surface area contributed by atoms with Crippen LogP contribution < -0.4 is 0 Å². The van der Waals surface area contributed by atoms with Crippen molar-refractivity contribution in [1.29, 1.82) is 0 Å². The lowest BCUT2D eigenvalue weighted by Gasteiger charge is -2.02. The molecule has 0 atom stereocenters. The first kappa shape index (κ1) is 14.1. The number of fused-ring (bicyclic) bond motifs is 1. The Bertz CT molecular complexity index is 930. The van der Waals surface area contributed by atoms with E-state index in [1.165, 1.54) is 18.3 Å². The summed E-state index contributed by atoms with van der Waals surface area (Å²) in [5.41, 5.74) is 1.19. The summed E-state index contributed by atoms with van der Waals surface area (Å²) in [5, 5.41) is 4.23. The summed E-state index contributed by atoms with van der Waals surface area (Å²) in [6.07, 6.45) is 3.12. The van der Waals surface area contributed by atoms with Gasteiger partial charge >= 0.3 is 0 Å². The zero-order valence-electron chi connectivity index (χ0n) is 11.0. The highest BCUT2D eigenvalue weighted by Gasteiger charge is 2.21. The second-order valence-electron chi connectivity index (χ2n) is 4.67. The van der Waals surface area contributed by atoms with Crippen LogP contribution in [0.25, 0.3) is 10.9 Å². The van der Waals surface area contributed by atoms with Crippen LogP contribution in [-0.2, 0) is 22.6 Å². The number of benzene rings is 1. The SMILES string of the molecule is Cn1ccc(Cn2cc(S(=O)(=O)Cl)c3c(F)cccc32)n1. The fourth-order valence-corrected chi connectivity index (χ4v) is 3.36. The van der Waals surface area contributed by atoms with Crippen LogP contribution in [0.4, 0.5) is 4.39 Å². The standard InChI is InChI=1S/C13H11ClFN3O2S/c1-17-6-5-9(16-17)7-18-8-12(21(14,19)20)13-10(15)3-2-4-11(13)18/h2-6,8H,7H2,1H3. The Labute approximate surface area is 125 Å². The first-order valence-corrected chi connectivity index (χ1v) is 8.38. The number of rotatable bonds is 3. The van der Waals surface area contributed by atoms with E-state index in [0.717, 1.165) is 5.69 Å². The van der Waals surface area contributed by atoms with Gasteiger partial charge in [0.05, 0.1) is 23.1 Å². The van der Waals surface area contributed by atoms with E-state index in [9.17, 15) is 12.8 Å². The van der Waals surface area contributed by atoms with E-state index < -0.39 is 14.9 Å². The fourth-order valence-electron chi connectivity index (χ4n) is 2.31. The molecule has 2 aromatic heterocycles. The maximum absolute atomic E-state index is 14.0. The number of hydrogen-bond acceptors (Lipinski definition) is 3. The van der Waals surface area contributed by atoms with Gasteiger partial charge in [0.2, 0.25) is 0 Å². The minimum absolute atomic E-state index is 0.00318. The summed E-state index contributed by atoms with van der Waals surface area (Å²) in [6.45, 7) is 0.327. The third-order valence-corrected chi connectivity index (χ3v) is 4.52. The van der Waals surface area contributed by atoms with Crippen LogP contribution in [0.5, 0.6) is 0 Å². The van der Waals surface area contributed by atoms with Crippen molar-refractivity contribution in [2.24, 2.45) is 7.05 Å². The van der Waals surface area contributed by atoms with Gasteiger partial charge in [-0.15, -0.1) is 0 Å². The predicted octanol–water partition coefficient (Wildman–Crippen LogP) is 2.49. The minimum Gasteiger partial charge on any atom is -0.340 e. The molecule has 2 heterocycles. The minimum atomic E-state index is -4.03. The molecule has 0 amide bonds. The van der Waals surface area contributed by atoms with Gasteiger partial charge in [-0.1, -0.05) is 6.07 Å². The van der Waals surface area contributed by atoms with Crippen LogP contribution in [0.1, 0.15) is 5.69 Å². The number of nitrogens with zero attached hydrogens (tertiary/aromatic N) is 3. The van der Waals surface area contributed by atoms with Gasteiger partial charge < -0.3 is 4.57 Å². The first-order valence-electron chi connectivity index (χ1n) is 6.07. The smallest absolute Gasteiger partial charge is 0.263 e. The quantitative estimate of drug-likeness (QED) is 0.694. The monoisotopic (exact) mass is 327 g/mol. The fraction of sp³-hybridized carbons (Fsp3) is 0.154. The lowest BCUT2D eigenvalue weighted by Crippen LogP contribution is -2.00. The number of aromatic nitrogens is 3. The van der Waals surface area contributed by atoms with Crippen molar-refractivity contribution in [1.82, 2.24) is 14.3 Å². The van der Waals surface area contributed by atoms with Crippen molar-refractivity contribution in [2.75, 3.05) is 0 Å².